The molecule has 2 rings (SSSR count). The van der Waals surface area contributed by atoms with Gasteiger partial charge in [-0.2, -0.15) is 0 Å². The molecule has 0 radical (unpaired) electrons. The van der Waals surface area contributed by atoms with Crippen molar-refractivity contribution in [3.8, 4) is 0 Å². The van der Waals surface area contributed by atoms with Gasteiger partial charge in [-0.1, -0.05) is 23.4 Å². The van der Waals surface area contributed by atoms with Gasteiger partial charge in [0.1, 0.15) is 17.8 Å². The molecule has 1 heterocycles. The summed E-state index contributed by atoms with van der Waals surface area (Å²) < 4.78 is 18.7. The van der Waals surface area contributed by atoms with E-state index in [0.29, 0.717) is 28.2 Å². The molecule has 2 aromatic rings. The molecule has 2 N–H and O–H groups in total. The Kier molecular flexibility index (Phi) is 4.30. The Hall–Kier alpha value is -2.43. The predicted molar refractivity (Wildman–Crippen MR) is 75.8 cm³/mol. The van der Waals surface area contributed by atoms with Gasteiger partial charge < -0.3 is 10.3 Å². The molecular weight excluding hydrogens is 257 g/mol. The molecule has 4 nitrogen and oxygen atoms in total. The Morgan fingerprint density at radius 3 is 2.90 bits per heavy atom. The average molecular weight is 273 g/mol. The van der Waals surface area contributed by atoms with Crippen LogP contribution in [0.25, 0.3) is 0 Å². The van der Waals surface area contributed by atoms with Gasteiger partial charge in [0.2, 0.25) is 0 Å². The largest absolute Gasteiger partial charge is 0.402 e. The number of nitrogens with two attached hydrogens (primary N) is 1. The van der Waals surface area contributed by atoms with Crippen LogP contribution in [0.5, 0.6) is 0 Å². The number of hydrogen-bond donors (Lipinski definition) is 1. The number of aryl methyl sites for hydroxylation is 1. The highest BCUT2D eigenvalue weighted by Crippen LogP contribution is 2.13. The minimum absolute atomic E-state index is 0.222. The van der Waals surface area contributed by atoms with Crippen LogP contribution in [0.2, 0.25) is 0 Å². The van der Waals surface area contributed by atoms with Crippen LogP contribution < -0.4 is 5.73 Å². The van der Waals surface area contributed by atoms with Gasteiger partial charge in [0.15, 0.2) is 0 Å². The molecule has 0 amide bonds. The number of hydrogen-bond acceptors (Lipinski definition) is 4. The highest BCUT2D eigenvalue weighted by atomic mass is 19.1. The number of rotatable bonds is 4. The number of nitrogens with zero attached hydrogens (tertiary/aromatic N) is 2. The lowest BCUT2D eigenvalue weighted by atomic mass is 10.1. The molecule has 0 fully saturated rings. The van der Waals surface area contributed by atoms with Gasteiger partial charge in [0.25, 0.3) is 0 Å². The third-order valence-electron chi connectivity index (χ3n) is 2.76. The highest BCUT2D eigenvalue weighted by molar-refractivity contribution is 6.07. The molecule has 0 aliphatic carbocycles. The zero-order valence-electron chi connectivity index (χ0n) is 11.4. The molecule has 20 heavy (non-hydrogen) atoms. The highest BCUT2D eigenvalue weighted by Gasteiger charge is 2.07. The van der Waals surface area contributed by atoms with Crippen LogP contribution in [0.3, 0.4) is 0 Å². The fourth-order valence-electron chi connectivity index (χ4n) is 1.76. The van der Waals surface area contributed by atoms with Crippen molar-refractivity contribution in [3.63, 3.8) is 0 Å². The van der Waals surface area contributed by atoms with E-state index in [1.54, 1.807) is 38.1 Å². The molecule has 0 saturated heterocycles. The molecular formula is C15H16FN3O. The van der Waals surface area contributed by atoms with Gasteiger partial charge in [0, 0.05) is 17.3 Å². The Labute approximate surface area is 116 Å². The number of allylic oxidation sites excluding steroid dienone is 2. The van der Waals surface area contributed by atoms with Gasteiger partial charge in [-0.05, 0) is 25.5 Å². The van der Waals surface area contributed by atoms with Crippen molar-refractivity contribution in [2.24, 2.45) is 10.7 Å². The van der Waals surface area contributed by atoms with E-state index in [-0.39, 0.29) is 12.4 Å². The van der Waals surface area contributed by atoms with Crippen LogP contribution in [-0.4, -0.2) is 10.9 Å². The quantitative estimate of drug-likeness (QED) is 0.871. The number of aliphatic imine (C=N–C) groups is 1. The third kappa shape index (κ3) is 3.32. The number of halogens is 1. The van der Waals surface area contributed by atoms with Crippen LogP contribution >= 0.6 is 0 Å². The maximum atomic E-state index is 13.9. The summed E-state index contributed by atoms with van der Waals surface area (Å²) in [5, 5.41) is 3.82. The van der Waals surface area contributed by atoms with Gasteiger partial charge in [0.05, 0.1) is 12.3 Å². The minimum Gasteiger partial charge on any atom is -0.402 e. The van der Waals surface area contributed by atoms with Crippen LogP contribution in [0.1, 0.15) is 23.7 Å². The second-order valence-electron chi connectivity index (χ2n) is 4.52. The lowest BCUT2D eigenvalue weighted by Gasteiger charge is -2.03. The molecule has 1 aromatic heterocycles. The maximum Gasteiger partial charge on any atom is 0.131 e. The molecule has 0 spiro atoms. The van der Waals surface area contributed by atoms with Crippen molar-refractivity contribution in [1.82, 2.24) is 5.16 Å². The standard InChI is InChI=1S/C15H16FN3O/c1-10-4-3-5-12(15(10)16)9-18-14(8-11(2)17)13-6-7-20-19-13/h3-8H,9,17H2,1-2H3/b11-8-,18-14?. The summed E-state index contributed by atoms with van der Waals surface area (Å²) in [4.78, 5) is 4.38. The first-order valence-electron chi connectivity index (χ1n) is 6.21. The number of aromatic nitrogens is 1. The summed E-state index contributed by atoms with van der Waals surface area (Å²) in [5.74, 6) is -0.232. The monoisotopic (exact) mass is 273 g/mol. The topological polar surface area (TPSA) is 64.4 Å². The molecule has 1 aromatic carbocycles. The van der Waals surface area contributed by atoms with Crippen molar-refractivity contribution in [1.29, 1.82) is 0 Å². The summed E-state index contributed by atoms with van der Waals surface area (Å²) in [6.07, 6.45) is 3.14. The first-order valence-corrected chi connectivity index (χ1v) is 6.21. The second-order valence-corrected chi connectivity index (χ2v) is 4.52. The van der Waals surface area contributed by atoms with Gasteiger partial charge >= 0.3 is 0 Å². The van der Waals surface area contributed by atoms with E-state index in [1.165, 1.54) is 6.26 Å². The van der Waals surface area contributed by atoms with Crippen LogP contribution in [-0.2, 0) is 6.54 Å². The fraction of sp³-hybridized carbons (Fsp3) is 0.200. The zero-order chi connectivity index (χ0) is 14.5. The van der Waals surface area contributed by atoms with Crippen LogP contribution in [0.4, 0.5) is 4.39 Å². The van der Waals surface area contributed by atoms with E-state index in [9.17, 15) is 4.39 Å². The molecule has 0 atom stereocenters. The normalized spacial score (nSPS) is 12.8. The smallest absolute Gasteiger partial charge is 0.131 e. The summed E-state index contributed by atoms with van der Waals surface area (Å²) in [7, 11) is 0. The predicted octanol–water partition coefficient (Wildman–Crippen LogP) is 2.97. The Bertz CT molecular complexity index is 641. The number of benzene rings is 1. The van der Waals surface area contributed by atoms with Crippen molar-refractivity contribution >= 4 is 5.71 Å². The lowest BCUT2D eigenvalue weighted by Crippen LogP contribution is -2.03. The molecule has 0 saturated carbocycles. The Morgan fingerprint density at radius 1 is 1.45 bits per heavy atom. The fourth-order valence-corrected chi connectivity index (χ4v) is 1.76. The van der Waals surface area contributed by atoms with Crippen LogP contribution in [0, 0.1) is 12.7 Å². The zero-order valence-corrected chi connectivity index (χ0v) is 11.4. The molecule has 0 bridgehead atoms. The molecule has 104 valence electrons. The van der Waals surface area contributed by atoms with Crippen molar-refractivity contribution in [3.05, 3.63) is 64.9 Å². The van der Waals surface area contributed by atoms with E-state index in [1.807, 2.05) is 6.07 Å². The molecule has 0 aliphatic rings. The summed E-state index contributed by atoms with van der Waals surface area (Å²) in [5.41, 5.74) is 8.54. The molecule has 0 unspecified atom stereocenters. The van der Waals surface area contributed by atoms with E-state index >= 15 is 0 Å². The van der Waals surface area contributed by atoms with Crippen molar-refractivity contribution in [2.75, 3.05) is 0 Å². The van der Waals surface area contributed by atoms with E-state index < -0.39 is 0 Å². The first-order chi connectivity index (χ1) is 9.58. The first kappa shape index (κ1) is 14.0. The van der Waals surface area contributed by atoms with E-state index in [4.69, 9.17) is 10.3 Å². The molecule has 0 aliphatic heterocycles. The van der Waals surface area contributed by atoms with Gasteiger partial charge in [-0.25, -0.2) is 4.39 Å². The van der Waals surface area contributed by atoms with Crippen molar-refractivity contribution < 1.29 is 8.91 Å². The van der Waals surface area contributed by atoms with E-state index in [2.05, 4.69) is 10.1 Å². The maximum absolute atomic E-state index is 13.9. The van der Waals surface area contributed by atoms with E-state index in [0.717, 1.165) is 0 Å². The van der Waals surface area contributed by atoms with Gasteiger partial charge in [-0.3, -0.25) is 4.99 Å². The SMILES string of the molecule is C/C(N)=C/C(=NCc1cccc(C)c1F)c1ccon1. The van der Waals surface area contributed by atoms with Crippen molar-refractivity contribution in [2.45, 2.75) is 20.4 Å². The van der Waals surface area contributed by atoms with Crippen LogP contribution in [0.15, 0.2) is 51.8 Å². The summed E-state index contributed by atoms with van der Waals surface area (Å²) >= 11 is 0. The average Bonchev–Trinajstić information content (AvgIpc) is 2.92. The Morgan fingerprint density at radius 2 is 2.25 bits per heavy atom. The third-order valence-corrected chi connectivity index (χ3v) is 2.76. The summed E-state index contributed by atoms with van der Waals surface area (Å²) in [6, 6.07) is 6.93. The van der Waals surface area contributed by atoms with Gasteiger partial charge in [-0.15, -0.1) is 0 Å². The summed E-state index contributed by atoms with van der Waals surface area (Å²) in [6.45, 7) is 3.70. The Balaban J connectivity index is 2.30. The molecule has 5 heteroatoms. The minimum atomic E-state index is -0.232. The second kappa shape index (κ2) is 6.14. The lowest BCUT2D eigenvalue weighted by molar-refractivity contribution is 0.418.